The predicted octanol–water partition coefficient (Wildman–Crippen LogP) is 1.28. The van der Waals surface area contributed by atoms with Gasteiger partial charge in [-0.05, 0) is 33.8 Å². The summed E-state index contributed by atoms with van der Waals surface area (Å²) in [5, 5.41) is 0. The average molecular weight is 265 g/mol. The van der Waals surface area contributed by atoms with E-state index in [1.54, 1.807) is 0 Å². The van der Waals surface area contributed by atoms with Crippen LogP contribution in [0, 0.1) is 0 Å². The van der Waals surface area contributed by atoms with Gasteiger partial charge in [0, 0.05) is 30.7 Å². The topological polar surface area (TPSA) is 46.1 Å². The van der Waals surface area contributed by atoms with Gasteiger partial charge in [0.15, 0.2) is 0 Å². The summed E-state index contributed by atoms with van der Waals surface area (Å²) in [5.74, 6) is 5.85. The molecular formula is C13H19N3OS. The Morgan fingerprint density at radius 3 is 2.72 bits per heavy atom. The van der Waals surface area contributed by atoms with E-state index in [0.29, 0.717) is 5.92 Å². The number of anilines is 1. The van der Waals surface area contributed by atoms with E-state index in [4.69, 9.17) is 0 Å². The molecule has 2 fully saturated rings. The van der Waals surface area contributed by atoms with Crippen LogP contribution in [0.4, 0.5) is 5.95 Å². The van der Waals surface area contributed by atoms with Gasteiger partial charge in [-0.25, -0.2) is 9.97 Å². The van der Waals surface area contributed by atoms with Gasteiger partial charge < -0.3 is 4.90 Å². The number of rotatable bonds is 2. The third-order valence-electron chi connectivity index (χ3n) is 4.17. The molecule has 2 saturated heterocycles. The highest BCUT2D eigenvalue weighted by Crippen LogP contribution is 2.43. The summed E-state index contributed by atoms with van der Waals surface area (Å²) < 4.78 is 12.1. The van der Waals surface area contributed by atoms with Crippen molar-refractivity contribution in [3.63, 3.8) is 0 Å². The molecule has 4 nitrogen and oxygen atoms in total. The van der Waals surface area contributed by atoms with Crippen LogP contribution >= 0.6 is 0 Å². The minimum Gasteiger partial charge on any atom is -0.338 e. The minimum atomic E-state index is -1.85. The SMILES string of the molecule is C=S1(=O)CCC12CN(c1nccc(C(C)C)n1)C2. The van der Waals surface area contributed by atoms with Gasteiger partial charge in [-0.1, -0.05) is 13.8 Å². The van der Waals surface area contributed by atoms with Crippen molar-refractivity contribution >= 4 is 21.3 Å². The molecule has 0 radical (unpaired) electrons. The van der Waals surface area contributed by atoms with Crippen molar-refractivity contribution in [2.24, 2.45) is 0 Å². The molecule has 1 aromatic rings. The van der Waals surface area contributed by atoms with E-state index in [1.165, 1.54) is 0 Å². The predicted molar refractivity (Wildman–Crippen MR) is 75.8 cm³/mol. The third-order valence-corrected chi connectivity index (χ3v) is 7.08. The summed E-state index contributed by atoms with van der Waals surface area (Å²) in [4.78, 5) is 11.0. The Morgan fingerprint density at radius 1 is 1.50 bits per heavy atom. The Hall–Kier alpha value is -1.10. The van der Waals surface area contributed by atoms with Crippen LogP contribution in [0.25, 0.3) is 0 Å². The van der Waals surface area contributed by atoms with Crippen molar-refractivity contribution in [3.05, 3.63) is 18.0 Å². The van der Waals surface area contributed by atoms with Crippen LogP contribution < -0.4 is 4.90 Å². The summed E-state index contributed by atoms with van der Waals surface area (Å²) in [6, 6.07) is 1.96. The van der Waals surface area contributed by atoms with Crippen molar-refractivity contribution in [2.75, 3.05) is 23.7 Å². The van der Waals surface area contributed by atoms with E-state index >= 15 is 0 Å². The zero-order valence-corrected chi connectivity index (χ0v) is 11.7. The van der Waals surface area contributed by atoms with E-state index in [1.807, 2.05) is 12.3 Å². The molecule has 2 aliphatic rings. The average Bonchev–Trinajstić information content (AvgIpc) is 2.26. The smallest absolute Gasteiger partial charge is 0.225 e. The lowest BCUT2D eigenvalue weighted by Gasteiger charge is -2.57. The Labute approximate surface area is 108 Å². The molecule has 5 heteroatoms. The molecule has 2 aliphatic heterocycles. The van der Waals surface area contributed by atoms with Crippen LogP contribution in [0.1, 0.15) is 31.9 Å². The third kappa shape index (κ3) is 1.56. The maximum absolute atomic E-state index is 12.2. The van der Waals surface area contributed by atoms with E-state index in [2.05, 4.69) is 34.6 Å². The van der Waals surface area contributed by atoms with Crippen molar-refractivity contribution in [3.8, 4) is 0 Å². The molecule has 1 spiro atoms. The summed E-state index contributed by atoms with van der Waals surface area (Å²) in [5.41, 5.74) is 1.06. The van der Waals surface area contributed by atoms with Crippen LogP contribution in [0.5, 0.6) is 0 Å². The molecule has 0 amide bonds. The van der Waals surface area contributed by atoms with Gasteiger partial charge >= 0.3 is 0 Å². The molecule has 98 valence electrons. The van der Waals surface area contributed by atoms with Crippen molar-refractivity contribution < 1.29 is 4.21 Å². The van der Waals surface area contributed by atoms with Gasteiger partial charge in [0.25, 0.3) is 0 Å². The highest BCUT2D eigenvalue weighted by Gasteiger charge is 2.56. The summed E-state index contributed by atoms with van der Waals surface area (Å²) in [7, 11) is -1.85. The van der Waals surface area contributed by atoms with Crippen molar-refractivity contribution in [1.82, 2.24) is 9.97 Å². The molecule has 0 aromatic carbocycles. The number of hydrogen-bond donors (Lipinski definition) is 0. The molecule has 0 aliphatic carbocycles. The van der Waals surface area contributed by atoms with Gasteiger partial charge in [0.1, 0.15) is 0 Å². The lowest BCUT2D eigenvalue weighted by Crippen LogP contribution is -2.72. The fourth-order valence-corrected chi connectivity index (χ4v) is 4.66. The summed E-state index contributed by atoms with van der Waals surface area (Å²) in [6.07, 6.45) is 2.85. The van der Waals surface area contributed by atoms with Gasteiger partial charge in [-0.3, -0.25) is 4.21 Å². The Balaban J connectivity index is 1.78. The zero-order chi connectivity index (χ0) is 13.0. The molecule has 1 unspecified atom stereocenters. The van der Waals surface area contributed by atoms with Crippen LogP contribution in [0.15, 0.2) is 12.3 Å². The van der Waals surface area contributed by atoms with Gasteiger partial charge in [0.2, 0.25) is 5.95 Å². The monoisotopic (exact) mass is 265 g/mol. The zero-order valence-electron chi connectivity index (χ0n) is 10.9. The van der Waals surface area contributed by atoms with Crippen molar-refractivity contribution in [2.45, 2.75) is 30.9 Å². The maximum Gasteiger partial charge on any atom is 0.225 e. The highest BCUT2D eigenvalue weighted by atomic mass is 32.2. The normalized spacial score (nSPS) is 29.2. The molecular weight excluding hydrogens is 246 g/mol. The quantitative estimate of drug-likeness (QED) is 0.756. The number of nitrogens with zero attached hydrogens (tertiary/aromatic N) is 3. The molecule has 18 heavy (non-hydrogen) atoms. The molecule has 1 aromatic heterocycles. The first-order valence-corrected chi connectivity index (χ1v) is 8.26. The first-order valence-electron chi connectivity index (χ1n) is 6.36. The van der Waals surface area contributed by atoms with Crippen molar-refractivity contribution in [1.29, 1.82) is 0 Å². The summed E-state index contributed by atoms with van der Waals surface area (Å²) >= 11 is 0. The molecule has 3 rings (SSSR count). The Bertz CT molecular complexity index is 574. The van der Waals surface area contributed by atoms with Crippen LogP contribution in [0.2, 0.25) is 0 Å². The Kier molecular flexibility index (Phi) is 2.46. The van der Waals surface area contributed by atoms with E-state index in [0.717, 1.165) is 36.9 Å². The fraction of sp³-hybridized carbons (Fsp3) is 0.615. The largest absolute Gasteiger partial charge is 0.338 e. The minimum absolute atomic E-state index is 0.0375. The van der Waals surface area contributed by atoms with Crippen LogP contribution in [-0.4, -0.2) is 43.6 Å². The fourth-order valence-electron chi connectivity index (χ4n) is 2.64. The number of hydrogen-bond acceptors (Lipinski definition) is 4. The maximum atomic E-state index is 12.2. The van der Waals surface area contributed by atoms with E-state index in [9.17, 15) is 4.21 Å². The summed E-state index contributed by atoms with van der Waals surface area (Å²) in [6.45, 7) is 5.85. The van der Waals surface area contributed by atoms with Crippen LogP contribution in [-0.2, 0) is 9.52 Å². The van der Waals surface area contributed by atoms with Gasteiger partial charge in [-0.2, -0.15) is 0 Å². The first kappa shape index (κ1) is 12.0. The van der Waals surface area contributed by atoms with Crippen LogP contribution in [0.3, 0.4) is 0 Å². The lowest BCUT2D eigenvalue weighted by atomic mass is 9.95. The second-order valence-corrected chi connectivity index (χ2v) is 8.64. The van der Waals surface area contributed by atoms with E-state index in [-0.39, 0.29) is 4.75 Å². The molecule has 1 atom stereocenters. The first-order chi connectivity index (χ1) is 8.44. The highest BCUT2D eigenvalue weighted by molar-refractivity contribution is 8.03. The molecule has 0 saturated carbocycles. The second-order valence-electron chi connectivity index (χ2n) is 5.74. The lowest BCUT2D eigenvalue weighted by molar-refractivity contribution is 0.394. The Morgan fingerprint density at radius 2 is 2.22 bits per heavy atom. The van der Waals surface area contributed by atoms with Gasteiger partial charge in [0.05, 0.1) is 4.75 Å². The van der Waals surface area contributed by atoms with E-state index < -0.39 is 9.52 Å². The molecule has 0 N–H and O–H groups in total. The molecule has 3 heterocycles. The van der Waals surface area contributed by atoms with Gasteiger partial charge in [-0.15, -0.1) is 0 Å². The number of aromatic nitrogens is 2. The second kappa shape index (κ2) is 3.70. The molecule has 0 bridgehead atoms. The standard InChI is InChI=1S/C13H19N3OS/c1-10(2)11-4-6-14-12(15-11)16-8-13(9-16)5-7-18(13,3)17/h4,6,10H,3,5,7-9H2,1-2H3.